The highest BCUT2D eigenvalue weighted by Gasteiger charge is 2.25. The number of carbonyl (C=O) groups is 5. The molecule has 3 aromatic heterocycles. The van der Waals surface area contributed by atoms with Crippen LogP contribution in [0.15, 0.2) is 141 Å². The molecule has 1 atom stereocenters. The number of rotatable bonds is 16. The van der Waals surface area contributed by atoms with Crippen LogP contribution in [0.3, 0.4) is 0 Å². The standard InChI is InChI=1S/C39H44N8O9.C10H8N2O3.2C2H6/c1-26-10-4-2-3-5-15-31(45(54)37(26)51)34(48)42-19-22-44(23-20-43-36(50)33-25-28-12-7-9-14-30(28)39(53)47(33)56)21-18-40-16-17-41-35(49)32-24-27-11-6-8-13-29(27)38(52)46(32)55;11-9(13)8-5-6-3-1-2-4-7(6)10(14)12(8)15;2*1-2/h2-4,6-15,24-26,40,54-56H,5,16-23H2,1H3,(H,41,49)(H,42,48)(H,43,50);1-5,15H,(H2,11,13);2*1-2H3/b3-2-,10-4-,31-15-;;;/t26-;;;/m1.../s1. The maximum absolute atomic E-state index is 13.1. The lowest BCUT2D eigenvalue weighted by molar-refractivity contribution is -0.162. The van der Waals surface area contributed by atoms with E-state index >= 15 is 0 Å². The molecule has 4 heterocycles. The summed E-state index contributed by atoms with van der Waals surface area (Å²) >= 11 is 0. The Bertz CT molecular complexity index is 3270. The molecule has 0 unspecified atom stereocenters. The van der Waals surface area contributed by atoms with Crippen LogP contribution in [-0.4, -0.2) is 127 Å². The van der Waals surface area contributed by atoms with Crippen LogP contribution in [0.25, 0.3) is 32.3 Å². The minimum atomic E-state index is -0.847. The molecular formula is C53H64N10O12. The molecule has 0 saturated carbocycles. The molecule has 5 amide bonds. The normalized spacial score (nSPS) is 14.7. The molecule has 7 rings (SSSR count). The third-order valence-electron chi connectivity index (χ3n) is 11.2. The van der Waals surface area contributed by atoms with E-state index in [0.717, 1.165) is 0 Å². The molecule has 398 valence electrons. The predicted molar refractivity (Wildman–Crippen MR) is 283 cm³/mol. The third kappa shape index (κ3) is 15.3. The Kier molecular flexibility index (Phi) is 22.7. The van der Waals surface area contributed by atoms with E-state index in [9.17, 15) is 59.2 Å². The first kappa shape index (κ1) is 58.7. The Morgan fingerprint density at radius 1 is 0.573 bits per heavy atom. The van der Waals surface area contributed by atoms with E-state index in [1.54, 1.807) is 104 Å². The summed E-state index contributed by atoms with van der Waals surface area (Å²) in [6.07, 6.45) is 8.57. The number of hydrogen-bond donors (Lipinski definition) is 9. The fourth-order valence-corrected chi connectivity index (χ4v) is 7.37. The topological polar surface area (TPSA) is 313 Å². The molecule has 0 spiro atoms. The van der Waals surface area contributed by atoms with Gasteiger partial charge in [-0.25, -0.2) is 0 Å². The fourth-order valence-electron chi connectivity index (χ4n) is 7.37. The number of pyridine rings is 3. The number of carbonyl (C=O) groups excluding carboxylic acids is 5. The van der Waals surface area contributed by atoms with Crippen LogP contribution >= 0.6 is 0 Å². The molecule has 0 fully saturated rings. The lowest BCUT2D eigenvalue weighted by Gasteiger charge is -2.24. The van der Waals surface area contributed by atoms with Crippen molar-refractivity contribution in [2.45, 2.75) is 41.0 Å². The average molecular weight is 1030 g/mol. The number of hydroxylamine groups is 2. The van der Waals surface area contributed by atoms with Gasteiger partial charge in [0.05, 0.1) is 22.1 Å². The zero-order valence-corrected chi connectivity index (χ0v) is 42.4. The highest BCUT2D eigenvalue weighted by Crippen LogP contribution is 2.15. The third-order valence-corrected chi connectivity index (χ3v) is 11.2. The molecule has 22 heteroatoms. The maximum atomic E-state index is 13.1. The van der Waals surface area contributed by atoms with Gasteiger partial charge in [0.2, 0.25) is 0 Å². The number of nitrogens with zero attached hydrogens (tertiary/aromatic N) is 5. The lowest BCUT2D eigenvalue weighted by atomic mass is 10.1. The molecule has 75 heavy (non-hydrogen) atoms. The summed E-state index contributed by atoms with van der Waals surface area (Å²) in [5.74, 6) is -4.16. The summed E-state index contributed by atoms with van der Waals surface area (Å²) in [6.45, 7) is 11.7. The van der Waals surface area contributed by atoms with Gasteiger partial charge in [-0.3, -0.25) is 48.5 Å². The minimum Gasteiger partial charge on any atom is -0.425 e. The SMILES string of the molecule is CC.CC.C[C@@H]1/C=C\C=C/C/C=C(/C(=O)NCCN(CCNCCNC(=O)c2cc3ccccc3c(=O)n2O)CCNC(=O)c2cc3ccccc3c(=O)n2O)N(O)C1=O.NC(=O)c1cc2ccccc2c(=O)n1O. The zero-order chi connectivity index (χ0) is 55.2. The van der Waals surface area contributed by atoms with Gasteiger partial charge < -0.3 is 42.6 Å². The lowest BCUT2D eigenvalue weighted by Crippen LogP contribution is -2.44. The number of benzene rings is 3. The van der Waals surface area contributed by atoms with Crippen molar-refractivity contribution in [3.05, 3.63) is 175 Å². The van der Waals surface area contributed by atoms with Crippen LogP contribution in [0, 0.1) is 5.92 Å². The van der Waals surface area contributed by atoms with Crippen molar-refractivity contribution in [2.24, 2.45) is 11.7 Å². The van der Waals surface area contributed by atoms with E-state index in [1.807, 2.05) is 32.6 Å². The molecule has 0 bridgehead atoms. The van der Waals surface area contributed by atoms with Crippen molar-refractivity contribution < 1.29 is 44.8 Å². The smallest absolute Gasteiger partial charge is 0.291 e. The summed E-state index contributed by atoms with van der Waals surface area (Å²) in [4.78, 5) is 101. The minimum absolute atomic E-state index is 0.0975. The summed E-state index contributed by atoms with van der Waals surface area (Å²) in [6, 6.07) is 24.0. The molecule has 3 aromatic carbocycles. The van der Waals surface area contributed by atoms with E-state index in [2.05, 4.69) is 21.3 Å². The number of primary amides is 1. The van der Waals surface area contributed by atoms with Gasteiger partial charge in [0, 0.05) is 52.4 Å². The molecule has 6 aromatic rings. The second-order valence-corrected chi connectivity index (χ2v) is 16.0. The van der Waals surface area contributed by atoms with Gasteiger partial charge >= 0.3 is 0 Å². The van der Waals surface area contributed by atoms with E-state index in [-0.39, 0.29) is 71.0 Å². The van der Waals surface area contributed by atoms with Gasteiger partial charge in [-0.15, -0.1) is 14.2 Å². The molecule has 0 saturated heterocycles. The molecule has 0 aliphatic carbocycles. The number of aromatic nitrogens is 3. The van der Waals surface area contributed by atoms with Gasteiger partial charge in [-0.1, -0.05) is 107 Å². The van der Waals surface area contributed by atoms with Gasteiger partial charge in [-0.2, -0.15) is 5.06 Å². The van der Waals surface area contributed by atoms with Gasteiger partial charge in [0.15, 0.2) is 0 Å². The number of nitrogens with one attached hydrogen (secondary N) is 4. The number of allylic oxidation sites excluding steroid dienone is 4. The summed E-state index contributed by atoms with van der Waals surface area (Å²) < 4.78 is 0.898. The zero-order valence-electron chi connectivity index (χ0n) is 42.4. The molecule has 10 N–H and O–H groups in total. The number of hydrogen-bond acceptors (Lipinski definition) is 14. The van der Waals surface area contributed by atoms with Crippen LogP contribution < -0.4 is 43.7 Å². The first-order chi connectivity index (χ1) is 36.1. The molecule has 22 nitrogen and oxygen atoms in total. The second kappa shape index (κ2) is 29.0. The second-order valence-electron chi connectivity index (χ2n) is 16.0. The molecule has 1 aliphatic heterocycles. The number of amides is 5. The van der Waals surface area contributed by atoms with E-state index in [1.165, 1.54) is 24.3 Å². The van der Waals surface area contributed by atoms with Gasteiger partial charge in [-0.05, 0) is 72.0 Å². The van der Waals surface area contributed by atoms with E-state index < -0.39 is 52.1 Å². The largest absolute Gasteiger partial charge is 0.425 e. The fraction of sp³-hybridized carbons (Fsp3) is 0.283. The quantitative estimate of drug-likeness (QED) is 0.0380. The van der Waals surface area contributed by atoms with Crippen molar-refractivity contribution in [1.29, 1.82) is 0 Å². The van der Waals surface area contributed by atoms with Crippen molar-refractivity contribution in [3.63, 3.8) is 0 Å². The summed E-state index contributed by atoms with van der Waals surface area (Å²) in [5.41, 5.74) is 2.05. The highest BCUT2D eigenvalue weighted by molar-refractivity contribution is 5.99. The van der Waals surface area contributed by atoms with Crippen molar-refractivity contribution >= 4 is 61.9 Å². The monoisotopic (exact) mass is 1030 g/mol. The average Bonchev–Trinajstić information content (AvgIpc) is 3.42. The van der Waals surface area contributed by atoms with Crippen LogP contribution in [0.2, 0.25) is 0 Å². The van der Waals surface area contributed by atoms with Gasteiger partial charge in [0.25, 0.3) is 46.2 Å². The summed E-state index contributed by atoms with van der Waals surface area (Å²) in [7, 11) is 0. The van der Waals surface area contributed by atoms with Crippen LogP contribution in [0.1, 0.15) is 72.5 Å². The summed E-state index contributed by atoms with van der Waals surface area (Å²) in [5, 5.41) is 54.7. The van der Waals surface area contributed by atoms with E-state index in [4.69, 9.17) is 5.73 Å². The number of fused-ring (bicyclic) bond motifs is 3. The van der Waals surface area contributed by atoms with Gasteiger partial charge in [0.1, 0.15) is 22.8 Å². The highest BCUT2D eigenvalue weighted by atomic mass is 16.5. The van der Waals surface area contributed by atoms with Crippen molar-refractivity contribution in [1.82, 2.24) is 45.4 Å². The predicted octanol–water partition coefficient (Wildman–Crippen LogP) is 3.60. The van der Waals surface area contributed by atoms with Crippen molar-refractivity contribution in [3.8, 4) is 0 Å². The Balaban J connectivity index is 0.000000539. The Morgan fingerprint density at radius 3 is 1.47 bits per heavy atom. The molecule has 1 aliphatic rings. The van der Waals surface area contributed by atoms with Crippen LogP contribution in [0.4, 0.5) is 0 Å². The molecular weight excluding hydrogens is 969 g/mol. The van der Waals surface area contributed by atoms with Crippen molar-refractivity contribution in [2.75, 3.05) is 52.4 Å². The number of nitrogens with two attached hydrogens (primary N) is 1. The molecule has 0 radical (unpaired) electrons. The Morgan fingerprint density at radius 2 is 0.987 bits per heavy atom. The van der Waals surface area contributed by atoms with E-state index in [0.29, 0.717) is 62.1 Å². The Labute approximate surface area is 431 Å². The first-order valence-corrected chi connectivity index (χ1v) is 24.2. The van der Waals surface area contributed by atoms with Crippen LogP contribution in [-0.2, 0) is 9.59 Å². The maximum Gasteiger partial charge on any atom is 0.291 e. The Hall–Kier alpha value is -8.86. The first-order valence-electron chi connectivity index (χ1n) is 24.2. The van der Waals surface area contributed by atoms with Crippen LogP contribution in [0.5, 0.6) is 0 Å².